The molecule has 0 aliphatic carbocycles. The van der Waals surface area contributed by atoms with Crippen molar-refractivity contribution in [3.05, 3.63) is 17.5 Å². The van der Waals surface area contributed by atoms with E-state index < -0.39 is 0 Å². The first-order valence-corrected chi connectivity index (χ1v) is 6.69. The lowest BCUT2D eigenvalue weighted by Crippen LogP contribution is -2.18. The summed E-state index contributed by atoms with van der Waals surface area (Å²) in [7, 11) is 2.20. The Balaban J connectivity index is 1.82. The minimum atomic E-state index is 0.586. The average molecular weight is 234 g/mol. The quantitative estimate of drug-likeness (QED) is 0.833. The van der Waals surface area contributed by atoms with Crippen molar-refractivity contribution >= 4 is 0 Å². The third kappa shape index (κ3) is 2.00. The van der Waals surface area contributed by atoms with Crippen LogP contribution in [0, 0.1) is 6.92 Å². The summed E-state index contributed by atoms with van der Waals surface area (Å²) >= 11 is 0. The summed E-state index contributed by atoms with van der Waals surface area (Å²) in [5.41, 5.74) is 2.85. The van der Waals surface area contributed by atoms with Crippen molar-refractivity contribution in [1.29, 1.82) is 0 Å². The summed E-state index contributed by atoms with van der Waals surface area (Å²) in [5.74, 6) is 0.683. The molecule has 1 aromatic rings. The van der Waals surface area contributed by atoms with E-state index in [-0.39, 0.29) is 0 Å². The first-order chi connectivity index (χ1) is 8.25. The molecule has 4 nitrogen and oxygen atoms in total. The number of hydrogen-bond acceptors (Lipinski definition) is 3. The molecule has 0 bridgehead atoms. The Kier molecular flexibility index (Phi) is 2.92. The van der Waals surface area contributed by atoms with E-state index in [0.29, 0.717) is 12.0 Å². The minimum Gasteiger partial charge on any atom is -0.316 e. The molecule has 2 atom stereocenters. The standard InChI is InChI=1S/C13H22N4/c1-10-13(11-3-5-14-7-11)8-15-17(10)12-4-6-16(2)9-12/h8,11-12,14H,3-7,9H2,1-2H3. The Hall–Kier alpha value is -0.870. The van der Waals surface area contributed by atoms with Crippen LogP contribution in [0.5, 0.6) is 0 Å². The van der Waals surface area contributed by atoms with Gasteiger partial charge < -0.3 is 10.2 Å². The van der Waals surface area contributed by atoms with Gasteiger partial charge in [0.15, 0.2) is 0 Å². The lowest BCUT2D eigenvalue weighted by molar-refractivity contribution is 0.379. The van der Waals surface area contributed by atoms with Gasteiger partial charge in [-0.1, -0.05) is 0 Å². The summed E-state index contributed by atoms with van der Waals surface area (Å²) in [6, 6.07) is 0.586. The van der Waals surface area contributed by atoms with Crippen LogP contribution in [0.3, 0.4) is 0 Å². The molecule has 0 spiro atoms. The van der Waals surface area contributed by atoms with Gasteiger partial charge in [0.25, 0.3) is 0 Å². The van der Waals surface area contributed by atoms with Crippen LogP contribution in [0.4, 0.5) is 0 Å². The van der Waals surface area contributed by atoms with Gasteiger partial charge >= 0.3 is 0 Å². The fraction of sp³-hybridized carbons (Fsp3) is 0.769. The van der Waals surface area contributed by atoms with E-state index in [9.17, 15) is 0 Å². The van der Waals surface area contributed by atoms with Crippen LogP contribution < -0.4 is 5.32 Å². The number of aromatic nitrogens is 2. The lowest BCUT2D eigenvalue weighted by atomic mass is 9.99. The molecule has 1 aromatic heterocycles. The first kappa shape index (κ1) is 11.2. The van der Waals surface area contributed by atoms with Crippen LogP contribution in [0.15, 0.2) is 6.20 Å². The van der Waals surface area contributed by atoms with Crippen molar-refractivity contribution < 1.29 is 0 Å². The maximum Gasteiger partial charge on any atom is 0.0661 e. The van der Waals surface area contributed by atoms with Crippen LogP contribution in [-0.4, -0.2) is 47.9 Å². The fourth-order valence-corrected chi connectivity index (χ4v) is 3.24. The van der Waals surface area contributed by atoms with Crippen LogP contribution >= 0.6 is 0 Å². The second-order valence-electron chi connectivity index (χ2n) is 5.52. The van der Waals surface area contributed by atoms with Gasteiger partial charge in [0.05, 0.1) is 12.2 Å². The van der Waals surface area contributed by atoms with Crippen LogP contribution in [0.2, 0.25) is 0 Å². The number of hydrogen-bond donors (Lipinski definition) is 1. The van der Waals surface area contributed by atoms with Crippen molar-refractivity contribution in [2.45, 2.75) is 31.7 Å². The predicted molar refractivity (Wildman–Crippen MR) is 68.3 cm³/mol. The van der Waals surface area contributed by atoms with Crippen LogP contribution in [0.1, 0.15) is 36.1 Å². The van der Waals surface area contributed by atoms with Gasteiger partial charge in [0.1, 0.15) is 0 Å². The molecule has 0 aromatic carbocycles. The highest BCUT2D eigenvalue weighted by molar-refractivity contribution is 5.23. The highest BCUT2D eigenvalue weighted by Crippen LogP contribution is 2.28. The van der Waals surface area contributed by atoms with Crippen molar-refractivity contribution in [3.63, 3.8) is 0 Å². The van der Waals surface area contributed by atoms with Gasteiger partial charge in [-0.2, -0.15) is 5.10 Å². The van der Waals surface area contributed by atoms with Gasteiger partial charge in [-0.05, 0) is 45.5 Å². The molecular weight excluding hydrogens is 212 g/mol. The number of likely N-dealkylation sites (tertiary alicyclic amines) is 1. The predicted octanol–water partition coefficient (Wildman–Crippen LogP) is 1.15. The zero-order valence-electron chi connectivity index (χ0n) is 10.8. The molecule has 2 aliphatic rings. The topological polar surface area (TPSA) is 33.1 Å². The summed E-state index contributed by atoms with van der Waals surface area (Å²) in [5, 5.41) is 8.08. The summed E-state index contributed by atoms with van der Waals surface area (Å²) in [6.45, 7) is 6.85. The summed E-state index contributed by atoms with van der Waals surface area (Å²) in [4.78, 5) is 2.39. The Morgan fingerprint density at radius 2 is 2.29 bits per heavy atom. The second kappa shape index (κ2) is 4.42. The van der Waals surface area contributed by atoms with Gasteiger partial charge in [-0.15, -0.1) is 0 Å². The zero-order valence-corrected chi connectivity index (χ0v) is 10.8. The van der Waals surface area contributed by atoms with E-state index in [4.69, 9.17) is 0 Å². The molecule has 0 saturated carbocycles. The smallest absolute Gasteiger partial charge is 0.0661 e. The molecule has 0 radical (unpaired) electrons. The van der Waals surface area contributed by atoms with Crippen molar-refractivity contribution in [3.8, 4) is 0 Å². The molecule has 2 fully saturated rings. The molecule has 3 rings (SSSR count). The molecule has 2 aliphatic heterocycles. The van der Waals surface area contributed by atoms with Gasteiger partial charge in [-0.3, -0.25) is 4.68 Å². The third-order valence-electron chi connectivity index (χ3n) is 4.30. The van der Waals surface area contributed by atoms with Crippen LogP contribution in [-0.2, 0) is 0 Å². The summed E-state index contributed by atoms with van der Waals surface area (Å²) < 4.78 is 2.26. The maximum absolute atomic E-state index is 4.64. The van der Waals surface area contributed by atoms with Crippen LogP contribution in [0.25, 0.3) is 0 Å². The Labute approximate surface area is 103 Å². The average Bonchev–Trinajstić information content (AvgIpc) is 2.98. The van der Waals surface area contributed by atoms with Crippen molar-refractivity contribution in [2.24, 2.45) is 0 Å². The SMILES string of the molecule is Cc1c(C2CCNC2)cnn1C1CCN(C)C1. The first-order valence-electron chi connectivity index (χ1n) is 6.69. The van der Waals surface area contributed by atoms with E-state index in [2.05, 4.69) is 40.2 Å². The highest BCUT2D eigenvalue weighted by atomic mass is 15.3. The number of nitrogens with one attached hydrogen (secondary N) is 1. The van der Waals surface area contributed by atoms with Gasteiger partial charge in [0.2, 0.25) is 0 Å². The molecular formula is C13H22N4. The number of rotatable bonds is 2. The van der Waals surface area contributed by atoms with Gasteiger partial charge in [-0.25, -0.2) is 0 Å². The normalized spacial score (nSPS) is 30.2. The zero-order chi connectivity index (χ0) is 11.8. The lowest BCUT2D eigenvalue weighted by Gasteiger charge is -2.15. The molecule has 4 heteroatoms. The number of nitrogens with zero attached hydrogens (tertiary/aromatic N) is 3. The Morgan fingerprint density at radius 3 is 2.94 bits per heavy atom. The van der Waals surface area contributed by atoms with E-state index in [1.165, 1.54) is 30.6 Å². The Bertz CT molecular complexity index is 392. The molecule has 94 valence electrons. The van der Waals surface area contributed by atoms with E-state index >= 15 is 0 Å². The van der Waals surface area contributed by atoms with E-state index in [1.807, 2.05) is 0 Å². The summed E-state index contributed by atoms with van der Waals surface area (Å²) in [6.07, 6.45) is 4.60. The highest BCUT2D eigenvalue weighted by Gasteiger charge is 2.26. The molecule has 1 N–H and O–H groups in total. The monoisotopic (exact) mass is 234 g/mol. The largest absolute Gasteiger partial charge is 0.316 e. The number of likely N-dealkylation sites (N-methyl/N-ethyl adjacent to an activating group) is 1. The molecule has 3 heterocycles. The third-order valence-corrected chi connectivity index (χ3v) is 4.30. The molecule has 17 heavy (non-hydrogen) atoms. The second-order valence-corrected chi connectivity index (χ2v) is 5.52. The van der Waals surface area contributed by atoms with E-state index in [1.54, 1.807) is 0 Å². The Morgan fingerprint density at radius 1 is 1.41 bits per heavy atom. The molecule has 2 unspecified atom stereocenters. The molecule has 2 saturated heterocycles. The van der Waals surface area contributed by atoms with Gasteiger partial charge in [0, 0.05) is 24.7 Å². The maximum atomic E-state index is 4.64. The fourth-order valence-electron chi connectivity index (χ4n) is 3.24. The van der Waals surface area contributed by atoms with Crippen molar-refractivity contribution in [2.75, 3.05) is 33.2 Å². The van der Waals surface area contributed by atoms with Crippen molar-refractivity contribution in [1.82, 2.24) is 20.0 Å². The van der Waals surface area contributed by atoms with E-state index in [0.717, 1.165) is 19.6 Å². The molecule has 0 amide bonds. The minimum absolute atomic E-state index is 0.586.